The van der Waals surface area contributed by atoms with Crippen LogP contribution in [0, 0.1) is 0 Å². The minimum atomic E-state index is -0.574. The molecule has 0 bridgehead atoms. The van der Waals surface area contributed by atoms with Gasteiger partial charge in [0.15, 0.2) is 5.16 Å². The van der Waals surface area contributed by atoms with Gasteiger partial charge in [0.1, 0.15) is 6.54 Å². The number of carbonyl (C=O) groups is 3. The molecule has 2 rings (SSSR count). The summed E-state index contributed by atoms with van der Waals surface area (Å²) >= 11 is 1.11. The Morgan fingerprint density at radius 1 is 1.31 bits per heavy atom. The zero-order valence-corrected chi connectivity index (χ0v) is 14.8. The molecule has 1 aromatic heterocycles. The quantitative estimate of drug-likeness (QED) is 0.446. The summed E-state index contributed by atoms with van der Waals surface area (Å²) in [4.78, 5) is 38.7. The van der Waals surface area contributed by atoms with E-state index in [1.54, 1.807) is 24.3 Å². The van der Waals surface area contributed by atoms with Crippen molar-refractivity contribution in [3.8, 4) is 0 Å². The van der Waals surface area contributed by atoms with E-state index in [2.05, 4.69) is 15.0 Å². The molecule has 0 atom stereocenters. The number of thioether (sulfide) groups is 1. The van der Waals surface area contributed by atoms with Crippen LogP contribution < -0.4 is 11.1 Å². The number of nitrogens with one attached hydrogen (secondary N) is 1. The van der Waals surface area contributed by atoms with Gasteiger partial charge in [0.25, 0.3) is 0 Å². The van der Waals surface area contributed by atoms with Gasteiger partial charge in [-0.15, -0.1) is 0 Å². The van der Waals surface area contributed by atoms with E-state index in [9.17, 15) is 19.5 Å². The average molecular weight is 378 g/mol. The van der Waals surface area contributed by atoms with Gasteiger partial charge in [0.05, 0.1) is 36.9 Å². The molecule has 0 aliphatic heterocycles. The number of benzene rings is 1. The van der Waals surface area contributed by atoms with E-state index in [0.717, 1.165) is 11.8 Å². The van der Waals surface area contributed by atoms with Crippen LogP contribution in [0.25, 0.3) is 0 Å². The predicted molar refractivity (Wildman–Crippen MR) is 94.5 cm³/mol. The van der Waals surface area contributed by atoms with Crippen molar-refractivity contribution in [2.75, 3.05) is 18.2 Å². The highest BCUT2D eigenvalue weighted by Crippen LogP contribution is 2.19. The lowest BCUT2D eigenvalue weighted by molar-refractivity contribution is -0.118. The molecule has 9 nitrogen and oxygen atoms in total. The molecule has 2 aromatic rings. The zero-order chi connectivity index (χ0) is 19.1. The van der Waals surface area contributed by atoms with E-state index >= 15 is 0 Å². The van der Waals surface area contributed by atoms with Crippen molar-refractivity contribution in [2.24, 2.45) is 5.73 Å². The summed E-state index contributed by atoms with van der Waals surface area (Å²) in [5.41, 5.74) is 6.53. The van der Waals surface area contributed by atoms with Gasteiger partial charge in [-0.05, 0) is 24.3 Å². The van der Waals surface area contributed by atoms with Gasteiger partial charge < -0.3 is 25.5 Å². The van der Waals surface area contributed by atoms with Gasteiger partial charge in [-0.2, -0.15) is 0 Å². The molecule has 0 radical (unpaired) electrons. The third-order valence-electron chi connectivity index (χ3n) is 3.30. The van der Waals surface area contributed by atoms with Crippen LogP contribution in [0.2, 0.25) is 0 Å². The molecule has 0 aliphatic rings. The number of carbonyl (C=O) groups excluding carboxylic acids is 3. The number of anilines is 1. The Bertz CT molecular complexity index is 803. The van der Waals surface area contributed by atoms with Crippen molar-refractivity contribution in [3.63, 3.8) is 0 Å². The van der Waals surface area contributed by atoms with Crippen molar-refractivity contribution < 1.29 is 24.2 Å². The van der Waals surface area contributed by atoms with Crippen LogP contribution in [0.1, 0.15) is 16.1 Å². The molecule has 1 aromatic carbocycles. The van der Waals surface area contributed by atoms with Gasteiger partial charge in [-0.1, -0.05) is 11.8 Å². The number of aromatic nitrogens is 2. The molecule has 0 spiro atoms. The Labute approximate surface area is 153 Å². The first-order valence-corrected chi connectivity index (χ1v) is 8.47. The number of rotatable bonds is 8. The van der Waals surface area contributed by atoms with Crippen molar-refractivity contribution >= 4 is 35.2 Å². The SMILES string of the molecule is COC(=O)c1ccc(NC(=O)CSc2ncc(CO)n2CC(N)=O)cc1. The second-order valence-electron chi connectivity index (χ2n) is 5.15. The lowest BCUT2D eigenvalue weighted by atomic mass is 10.2. The fraction of sp³-hybridized carbons (Fsp3) is 0.250. The van der Waals surface area contributed by atoms with E-state index in [-0.39, 0.29) is 24.8 Å². The summed E-state index contributed by atoms with van der Waals surface area (Å²) in [6, 6.07) is 6.27. The third-order valence-corrected chi connectivity index (χ3v) is 4.29. The Morgan fingerprint density at radius 3 is 2.58 bits per heavy atom. The zero-order valence-electron chi connectivity index (χ0n) is 14.0. The molecule has 0 fully saturated rings. The van der Waals surface area contributed by atoms with Crippen LogP contribution in [0.5, 0.6) is 0 Å². The van der Waals surface area contributed by atoms with Crippen LogP contribution in [0.4, 0.5) is 5.69 Å². The third kappa shape index (κ3) is 5.07. The summed E-state index contributed by atoms with van der Waals surface area (Å²) < 4.78 is 6.07. The van der Waals surface area contributed by atoms with Gasteiger partial charge >= 0.3 is 5.97 Å². The first-order chi connectivity index (χ1) is 12.4. The Hall–Kier alpha value is -2.85. The maximum Gasteiger partial charge on any atom is 0.337 e. The first kappa shape index (κ1) is 19.5. The van der Waals surface area contributed by atoms with Gasteiger partial charge in [0, 0.05) is 5.69 Å². The molecular formula is C16H18N4O5S. The standard InChI is InChI=1S/C16H18N4O5S/c1-25-15(24)10-2-4-11(5-3-10)19-14(23)9-26-16-18-6-12(8-21)20(16)7-13(17)22/h2-6,21H,7-9H2,1H3,(H2,17,22)(H,19,23). The lowest BCUT2D eigenvalue weighted by Crippen LogP contribution is -2.21. The monoisotopic (exact) mass is 378 g/mol. The predicted octanol–water partition coefficient (Wildman–Crippen LogP) is 0.378. The number of amides is 2. The van der Waals surface area contributed by atoms with Crippen LogP contribution in [0.3, 0.4) is 0 Å². The van der Waals surface area contributed by atoms with E-state index in [0.29, 0.717) is 22.1 Å². The molecular weight excluding hydrogens is 360 g/mol. The van der Waals surface area contributed by atoms with Crippen LogP contribution in [-0.4, -0.2) is 45.3 Å². The molecule has 4 N–H and O–H groups in total. The molecule has 1 heterocycles. The average Bonchev–Trinajstić information content (AvgIpc) is 3.01. The summed E-state index contributed by atoms with van der Waals surface area (Å²) in [7, 11) is 1.29. The molecule has 10 heteroatoms. The van der Waals surface area contributed by atoms with E-state index in [4.69, 9.17) is 5.73 Å². The van der Waals surface area contributed by atoms with Crippen molar-refractivity contribution in [3.05, 3.63) is 41.7 Å². The topological polar surface area (TPSA) is 137 Å². The second kappa shape index (κ2) is 9.02. The number of aliphatic hydroxyl groups is 1. The highest BCUT2D eigenvalue weighted by Gasteiger charge is 2.14. The molecule has 0 saturated carbocycles. The van der Waals surface area contributed by atoms with Gasteiger partial charge in [0.2, 0.25) is 11.8 Å². The van der Waals surface area contributed by atoms with E-state index in [1.807, 2.05) is 0 Å². The number of nitrogens with two attached hydrogens (primary N) is 1. The number of ether oxygens (including phenoxy) is 1. The Balaban J connectivity index is 1.96. The number of imidazole rings is 1. The number of esters is 1. The van der Waals surface area contributed by atoms with Crippen LogP contribution in [0.15, 0.2) is 35.6 Å². The van der Waals surface area contributed by atoms with Gasteiger partial charge in [-0.25, -0.2) is 9.78 Å². The molecule has 0 unspecified atom stereocenters. The largest absolute Gasteiger partial charge is 0.465 e. The second-order valence-corrected chi connectivity index (χ2v) is 6.09. The number of methoxy groups -OCH3 is 1. The molecule has 26 heavy (non-hydrogen) atoms. The Morgan fingerprint density at radius 2 is 2.00 bits per heavy atom. The van der Waals surface area contributed by atoms with E-state index in [1.165, 1.54) is 17.9 Å². The molecule has 2 amide bonds. The normalized spacial score (nSPS) is 10.4. The summed E-state index contributed by atoms with van der Waals surface area (Å²) in [5, 5.41) is 12.4. The number of hydrogen-bond acceptors (Lipinski definition) is 7. The maximum absolute atomic E-state index is 12.1. The van der Waals surface area contributed by atoms with Crippen molar-refractivity contribution in [1.82, 2.24) is 9.55 Å². The molecule has 0 saturated heterocycles. The fourth-order valence-corrected chi connectivity index (χ4v) is 2.89. The van der Waals surface area contributed by atoms with Crippen LogP contribution in [-0.2, 0) is 27.5 Å². The van der Waals surface area contributed by atoms with Crippen LogP contribution >= 0.6 is 11.8 Å². The molecule has 138 valence electrons. The minimum absolute atomic E-state index is 0.0411. The highest BCUT2D eigenvalue weighted by atomic mass is 32.2. The Kier molecular flexibility index (Phi) is 6.75. The smallest absolute Gasteiger partial charge is 0.337 e. The molecule has 0 aliphatic carbocycles. The van der Waals surface area contributed by atoms with Crippen molar-refractivity contribution in [1.29, 1.82) is 0 Å². The van der Waals surface area contributed by atoms with Gasteiger partial charge in [-0.3, -0.25) is 9.59 Å². The summed E-state index contributed by atoms with van der Waals surface area (Å²) in [6.07, 6.45) is 1.43. The summed E-state index contributed by atoms with van der Waals surface area (Å²) in [5.74, 6) is -1.28. The minimum Gasteiger partial charge on any atom is -0.465 e. The lowest BCUT2D eigenvalue weighted by Gasteiger charge is -2.09. The maximum atomic E-state index is 12.1. The summed E-state index contributed by atoms with van der Waals surface area (Å²) in [6.45, 7) is -0.422. The number of nitrogens with zero attached hydrogens (tertiary/aromatic N) is 2. The number of hydrogen-bond donors (Lipinski definition) is 3. The first-order valence-electron chi connectivity index (χ1n) is 7.49. The highest BCUT2D eigenvalue weighted by molar-refractivity contribution is 7.99. The number of primary amides is 1. The van der Waals surface area contributed by atoms with Crippen molar-refractivity contribution in [2.45, 2.75) is 18.3 Å². The number of aliphatic hydroxyl groups excluding tert-OH is 1. The van der Waals surface area contributed by atoms with E-state index < -0.39 is 11.9 Å². The fourth-order valence-electron chi connectivity index (χ4n) is 2.09.